The quantitative estimate of drug-likeness (QED) is 0.849. The highest BCUT2D eigenvalue weighted by Gasteiger charge is 2.08. The van der Waals surface area contributed by atoms with E-state index in [1.165, 1.54) is 25.3 Å². The van der Waals surface area contributed by atoms with Crippen LogP contribution in [0.5, 0.6) is 5.75 Å². The van der Waals surface area contributed by atoms with Crippen LogP contribution in [0, 0.1) is 0 Å². The predicted molar refractivity (Wildman–Crippen MR) is 84.9 cm³/mol. The zero-order valence-corrected chi connectivity index (χ0v) is 13.0. The number of carbonyl (C=O) groups excluding carboxylic acids is 2. The molecule has 2 aromatic rings. The number of carboxylic acid groups (broad SMARTS) is 1. The number of halogens is 1. The molecule has 2 aromatic carbocycles. The first-order valence-electron chi connectivity index (χ1n) is 6.63. The molecule has 0 aliphatic rings. The van der Waals surface area contributed by atoms with Gasteiger partial charge in [0, 0.05) is 10.6 Å². The van der Waals surface area contributed by atoms with E-state index in [1.54, 1.807) is 36.4 Å². The number of nitrogens with one attached hydrogen (secondary N) is 1. The maximum atomic E-state index is 12.1. The Kier molecular flexibility index (Phi) is 5.38. The molecule has 1 amide bonds. The van der Waals surface area contributed by atoms with Crippen molar-refractivity contribution in [2.75, 3.05) is 7.11 Å². The molecule has 0 radical (unpaired) electrons. The first-order valence-corrected chi connectivity index (χ1v) is 7.01. The summed E-state index contributed by atoms with van der Waals surface area (Å²) in [6.45, 7) is 0. The fourth-order valence-corrected chi connectivity index (χ4v) is 1.93. The molecule has 5 nitrogen and oxygen atoms in total. The Morgan fingerprint density at radius 2 is 1.70 bits per heavy atom. The van der Waals surface area contributed by atoms with Crippen molar-refractivity contribution in [2.24, 2.45) is 0 Å². The van der Waals surface area contributed by atoms with Crippen molar-refractivity contribution in [3.05, 3.63) is 70.4 Å². The van der Waals surface area contributed by atoms with E-state index in [2.05, 4.69) is 5.32 Å². The fraction of sp³-hybridized carbons (Fsp3) is 0.0588. The molecule has 23 heavy (non-hydrogen) atoms. The summed E-state index contributed by atoms with van der Waals surface area (Å²) in [7, 11) is 1.53. The number of rotatable bonds is 5. The Labute approximate surface area is 138 Å². The van der Waals surface area contributed by atoms with Crippen molar-refractivity contribution < 1.29 is 19.4 Å². The van der Waals surface area contributed by atoms with E-state index in [9.17, 15) is 14.7 Å². The van der Waals surface area contributed by atoms with E-state index in [1.807, 2.05) is 0 Å². The molecule has 0 heterocycles. The van der Waals surface area contributed by atoms with Gasteiger partial charge < -0.3 is 20.0 Å². The summed E-state index contributed by atoms with van der Waals surface area (Å²) in [5, 5.41) is 14.0. The Balaban J connectivity index is 2.20. The first-order chi connectivity index (χ1) is 11.0. The second-order valence-electron chi connectivity index (χ2n) is 4.58. The maximum absolute atomic E-state index is 12.1. The van der Waals surface area contributed by atoms with Gasteiger partial charge in [0.25, 0.3) is 5.91 Å². The van der Waals surface area contributed by atoms with Crippen molar-refractivity contribution in [3.8, 4) is 5.75 Å². The fourth-order valence-electron chi connectivity index (χ4n) is 1.81. The zero-order valence-electron chi connectivity index (χ0n) is 12.2. The molecule has 0 fully saturated rings. The molecule has 2 rings (SSSR count). The second kappa shape index (κ2) is 7.47. The summed E-state index contributed by atoms with van der Waals surface area (Å²) < 4.78 is 5.02. The van der Waals surface area contributed by atoms with Gasteiger partial charge in [0.15, 0.2) is 0 Å². The lowest BCUT2D eigenvalue weighted by Gasteiger charge is -2.11. The van der Waals surface area contributed by atoms with E-state index < -0.39 is 11.9 Å². The molecule has 0 bridgehead atoms. The lowest BCUT2D eigenvalue weighted by molar-refractivity contribution is -0.299. The van der Waals surface area contributed by atoms with E-state index in [4.69, 9.17) is 16.3 Å². The number of benzene rings is 2. The van der Waals surface area contributed by atoms with Gasteiger partial charge in [-0.05, 0) is 48.0 Å². The van der Waals surface area contributed by atoms with E-state index >= 15 is 0 Å². The smallest absolute Gasteiger partial charge is 0.255 e. The van der Waals surface area contributed by atoms with Gasteiger partial charge in [-0.2, -0.15) is 0 Å². The number of amides is 1. The van der Waals surface area contributed by atoms with Crippen LogP contribution in [0.15, 0.2) is 54.2 Å². The van der Waals surface area contributed by atoms with Gasteiger partial charge in [-0.1, -0.05) is 23.7 Å². The molecule has 0 aliphatic heterocycles. The minimum atomic E-state index is -1.48. The average Bonchev–Trinajstić information content (AvgIpc) is 2.55. The van der Waals surface area contributed by atoms with E-state index in [0.717, 1.165) is 0 Å². The van der Waals surface area contributed by atoms with Gasteiger partial charge in [-0.25, -0.2) is 0 Å². The predicted octanol–water partition coefficient (Wildman–Crippen LogP) is 1.87. The topological polar surface area (TPSA) is 78.5 Å². The third kappa shape index (κ3) is 4.59. The highest BCUT2D eigenvalue weighted by molar-refractivity contribution is 6.30. The highest BCUT2D eigenvalue weighted by Crippen LogP contribution is 2.14. The number of carboxylic acids is 1. The summed E-state index contributed by atoms with van der Waals surface area (Å²) in [5.74, 6) is -1.41. The Bertz CT molecular complexity index is 736. The van der Waals surface area contributed by atoms with Crippen molar-refractivity contribution in [1.82, 2.24) is 5.32 Å². The monoisotopic (exact) mass is 330 g/mol. The van der Waals surface area contributed by atoms with Crippen LogP contribution in [-0.2, 0) is 4.79 Å². The molecule has 0 unspecified atom stereocenters. The van der Waals surface area contributed by atoms with Gasteiger partial charge in [-0.15, -0.1) is 0 Å². The Hall–Kier alpha value is -2.79. The lowest BCUT2D eigenvalue weighted by Crippen LogP contribution is -2.35. The lowest BCUT2D eigenvalue weighted by atomic mass is 10.1. The van der Waals surface area contributed by atoms with E-state index in [-0.39, 0.29) is 11.3 Å². The normalized spacial score (nSPS) is 11.0. The van der Waals surface area contributed by atoms with Crippen LogP contribution < -0.4 is 15.2 Å². The SMILES string of the molecule is COc1ccc(/C=C(/NC(=O)c2ccc(Cl)cc2)C(=O)[O-])cc1. The molecule has 0 atom stereocenters. The number of ether oxygens (including phenoxy) is 1. The maximum Gasteiger partial charge on any atom is 0.255 e. The van der Waals surface area contributed by atoms with Crippen molar-refractivity contribution >= 4 is 29.6 Å². The van der Waals surface area contributed by atoms with Gasteiger partial charge in [0.1, 0.15) is 5.75 Å². The van der Waals surface area contributed by atoms with Crippen molar-refractivity contribution in [2.45, 2.75) is 0 Å². The molecule has 0 aliphatic carbocycles. The summed E-state index contributed by atoms with van der Waals surface area (Å²) in [4.78, 5) is 23.3. The summed E-state index contributed by atoms with van der Waals surface area (Å²) in [6.07, 6.45) is 1.31. The largest absolute Gasteiger partial charge is 0.543 e. The van der Waals surface area contributed by atoms with Crippen LogP contribution >= 0.6 is 11.6 Å². The van der Waals surface area contributed by atoms with Gasteiger partial charge >= 0.3 is 0 Å². The highest BCUT2D eigenvalue weighted by atomic mass is 35.5. The average molecular weight is 331 g/mol. The molecular formula is C17H13ClNO4-. The number of hydrogen-bond acceptors (Lipinski definition) is 4. The van der Waals surface area contributed by atoms with Crippen LogP contribution in [0.4, 0.5) is 0 Å². The molecular weight excluding hydrogens is 318 g/mol. The third-order valence-corrected chi connectivity index (χ3v) is 3.25. The molecule has 6 heteroatoms. The van der Waals surface area contributed by atoms with E-state index in [0.29, 0.717) is 16.3 Å². The Morgan fingerprint density at radius 1 is 1.09 bits per heavy atom. The molecule has 0 saturated carbocycles. The van der Waals surface area contributed by atoms with Gasteiger partial charge in [-0.3, -0.25) is 4.79 Å². The molecule has 0 saturated heterocycles. The molecule has 1 N–H and O–H groups in total. The number of methoxy groups -OCH3 is 1. The first kappa shape index (κ1) is 16.6. The van der Waals surface area contributed by atoms with Crippen LogP contribution in [0.3, 0.4) is 0 Å². The van der Waals surface area contributed by atoms with Gasteiger partial charge in [0.2, 0.25) is 0 Å². The minimum Gasteiger partial charge on any atom is -0.543 e. The second-order valence-corrected chi connectivity index (χ2v) is 5.02. The van der Waals surface area contributed by atoms with Crippen molar-refractivity contribution in [3.63, 3.8) is 0 Å². The zero-order chi connectivity index (χ0) is 16.8. The van der Waals surface area contributed by atoms with Crippen LogP contribution in [0.2, 0.25) is 5.02 Å². The standard InChI is InChI=1S/C17H14ClNO4/c1-23-14-8-2-11(3-9-14)10-15(17(21)22)19-16(20)12-4-6-13(18)7-5-12/h2-10H,1H3,(H,19,20)(H,21,22)/p-1/b15-10+. The summed E-state index contributed by atoms with van der Waals surface area (Å²) in [5.41, 5.74) is 0.535. The van der Waals surface area contributed by atoms with Gasteiger partial charge in [0.05, 0.1) is 18.8 Å². The summed E-state index contributed by atoms with van der Waals surface area (Å²) >= 11 is 5.75. The number of hydrogen-bond donors (Lipinski definition) is 1. The number of aliphatic carboxylic acids is 1. The Morgan fingerprint density at radius 3 is 2.22 bits per heavy atom. The molecule has 0 aromatic heterocycles. The minimum absolute atomic E-state index is 0.288. The molecule has 0 spiro atoms. The summed E-state index contributed by atoms with van der Waals surface area (Å²) in [6, 6.07) is 12.8. The molecule has 118 valence electrons. The number of carbonyl (C=O) groups is 2. The van der Waals surface area contributed by atoms with Crippen LogP contribution in [0.25, 0.3) is 6.08 Å². The third-order valence-electron chi connectivity index (χ3n) is 3.00. The van der Waals surface area contributed by atoms with Crippen LogP contribution in [-0.4, -0.2) is 19.0 Å². The van der Waals surface area contributed by atoms with Crippen molar-refractivity contribution in [1.29, 1.82) is 0 Å². The van der Waals surface area contributed by atoms with Crippen LogP contribution in [0.1, 0.15) is 15.9 Å².